The zero-order valence-electron chi connectivity index (χ0n) is 11.8. The number of carbonyl (C=O) groups is 1. The zero-order valence-corrected chi connectivity index (χ0v) is 12.6. The molecule has 6 nitrogen and oxygen atoms in total. The highest BCUT2D eigenvalue weighted by atomic mass is 32.2. The summed E-state index contributed by atoms with van der Waals surface area (Å²) < 4.78 is 27.0. The first-order valence-corrected chi connectivity index (χ1v) is 7.76. The summed E-state index contributed by atoms with van der Waals surface area (Å²) in [7, 11) is -2.37. The topological polar surface area (TPSA) is 98.5 Å². The van der Waals surface area contributed by atoms with Crippen molar-refractivity contribution in [2.75, 3.05) is 12.4 Å². The van der Waals surface area contributed by atoms with E-state index >= 15 is 0 Å². The molecule has 1 unspecified atom stereocenters. The fourth-order valence-corrected chi connectivity index (χ4v) is 2.29. The summed E-state index contributed by atoms with van der Waals surface area (Å²) in [6.07, 6.45) is 0.615. The number of nitrogens with two attached hydrogens (primary N) is 1. The van der Waals surface area contributed by atoms with E-state index in [9.17, 15) is 13.2 Å². The fourth-order valence-electron chi connectivity index (χ4n) is 1.77. The Morgan fingerprint density at radius 3 is 2.25 bits per heavy atom. The van der Waals surface area contributed by atoms with Gasteiger partial charge in [-0.25, -0.2) is 18.4 Å². The van der Waals surface area contributed by atoms with E-state index in [0.717, 1.165) is 0 Å². The Balaban J connectivity index is 2.86. The van der Waals surface area contributed by atoms with Crippen molar-refractivity contribution in [2.24, 2.45) is 11.1 Å². The van der Waals surface area contributed by atoms with Crippen molar-refractivity contribution >= 4 is 21.7 Å². The maximum Gasteiger partial charge on any atom is 0.328 e. The molecule has 0 amide bonds. The van der Waals surface area contributed by atoms with Crippen molar-refractivity contribution in [3.05, 3.63) is 24.3 Å². The van der Waals surface area contributed by atoms with Crippen LogP contribution in [-0.4, -0.2) is 27.5 Å². The lowest BCUT2D eigenvalue weighted by Gasteiger charge is -2.19. The quantitative estimate of drug-likeness (QED) is 0.772. The Hall–Kier alpha value is -1.60. The lowest BCUT2D eigenvalue weighted by atomic mass is 10.0. The number of ether oxygens (including phenoxy) is 1. The normalized spacial score (nSPS) is 13.1. The van der Waals surface area contributed by atoms with Crippen LogP contribution < -0.4 is 10.5 Å². The second-order valence-electron chi connectivity index (χ2n) is 4.92. The van der Waals surface area contributed by atoms with E-state index in [2.05, 4.69) is 5.32 Å². The van der Waals surface area contributed by atoms with Crippen LogP contribution in [0.15, 0.2) is 29.2 Å². The maximum atomic E-state index is 11.7. The Morgan fingerprint density at radius 1 is 1.30 bits per heavy atom. The number of nitrogens with one attached hydrogen (secondary N) is 1. The van der Waals surface area contributed by atoms with Crippen molar-refractivity contribution < 1.29 is 17.9 Å². The van der Waals surface area contributed by atoms with Crippen LogP contribution in [0.25, 0.3) is 0 Å². The third-order valence-corrected chi connectivity index (χ3v) is 3.65. The van der Waals surface area contributed by atoms with E-state index in [1.54, 1.807) is 12.1 Å². The highest BCUT2D eigenvalue weighted by Gasteiger charge is 2.20. The van der Waals surface area contributed by atoms with Crippen molar-refractivity contribution in [2.45, 2.75) is 31.2 Å². The Labute approximate surface area is 119 Å². The molecule has 112 valence electrons. The summed E-state index contributed by atoms with van der Waals surface area (Å²) in [5.74, 6) is -0.0375. The Kier molecular flexibility index (Phi) is 5.52. The van der Waals surface area contributed by atoms with Crippen LogP contribution in [0.1, 0.15) is 20.3 Å². The number of methoxy groups -OCH3 is 1. The second-order valence-corrected chi connectivity index (χ2v) is 6.48. The predicted molar refractivity (Wildman–Crippen MR) is 76.7 cm³/mol. The number of hydrogen-bond acceptors (Lipinski definition) is 5. The van der Waals surface area contributed by atoms with Crippen LogP contribution in [0.5, 0.6) is 0 Å². The maximum absolute atomic E-state index is 11.7. The molecule has 7 heteroatoms. The van der Waals surface area contributed by atoms with Crippen LogP contribution in [0.3, 0.4) is 0 Å². The van der Waals surface area contributed by atoms with Gasteiger partial charge in [0.1, 0.15) is 6.04 Å². The van der Waals surface area contributed by atoms with Crippen molar-refractivity contribution in [1.82, 2.24) is 0 Å². The molecule has 0 heterocycles. The highest BCUT2D eigenvalue weighted by molar-refractivity contribution is 7.89. The number of sulfonamides is 1. The van der Waals surface area contributed by atoms with Gasteiger partial charge in [0.05, 0.1) is 12.0 Å². The molecule has 0 bridgehead atoms. The summed E-state index contributed by atoms with van der Waals surface area (Å²) in [6.45, 7) is 4.00. The molecule has 0 aliphatic carbocycles. The molecule has 0 aromatic heterocycles. The molecule has 3 N–H and O–H groups in total. The van der Waals surface area contributed by atoms with Gasteiger partial charge in [0.15, 0.2) is 0 Å². The Morgan fingerprint density at radius 2 is 1.85 bits per heavy atom. The number of anilines is 1. The van der Waals surface area contributed by atoms with E-state index in [0.29, 0.717) is 18.0 Å². The molecule has 0 aliphatic rings. The number of primary sulfonamides is 1. The highest BCUT2D eigenvalue weighted by Crippen LogP contribution is 2.16. The summed E-state index contributed by atoms with van der Waals surface area (Å²) >= 11 is 0. The third-order valence-electron chi connectivity index (χ3n) is 2.72. The van der Waals surface area contributed by atoms with Crippen LogP contribution >= 0.6 is 0 Å². The number of rotatable bonds is 6. The molecule has 0 fully saturated rings. The molecule has 1 atom stereocenters. The van der Waals surface area contributed by atoms with Gasteiger partial charge < -0.3 is 10.1 Å². The smallest absolute Gasteiger partial charge is 0.328 e. The van der Waals surface area contributed by atoms with Crippen LogP contribution in [0.2, 0.25) is 0 Å². The summed E-state index contributed by atoms with van der Waals surface area (Å²) in [6, 6.07) is 5.44. The molecule has 0 saturated carbocycles. The number of benzene rings is 1. The number of hydrogen-bond donors (Lipinski definition) is 2. The number of carbonyl (C=O) groups excluding carboxylic acids is 1. The first-order valence-electron chi connectivity index (χ1n) is 6.21. The predicted octanol–water partition coefficient (Wildman–Crippen LogP) is 1.33. The third kappa shape index (κ3) is 4.82. The van der Waals surface area contributed by atoms with E-state index < -0.39 is 16.1 Å². The van der Waals surface area contributed by atoms with Gasteiger partial charge in [0, 0.05) is 5.69 Å². The molecule has 20 heavy (non-hydrogen) atoms. The molecule has 0 saturated heterocycles. The lowest BCUT2D eigenvalue weighted by molar-refractivity contribution is -0.141. The molecular weight excluding hydrogens is 280 g/mol. The van der Waals surface area contributed by atoms with Crippen molar-refractivity contribution in [1.29, 1.82) is 0 Å². The average molecular weight is 300 g/mol. The monoisotopic (exact) mass is 300 g/mol. The molecule has 1 rings (SSSR count). The van der Waals surface area contributed by atoms with E-state index in [1.165, 1.54) is 19.2 Å². The van der Waals surface area contributed by atoms with E-state index in [-0.39, 0.29) is 10.9 Å². The first-order chi connectivity index (χ1) is 9.24. The lowest BCUT2D eigenvalue weighted by Crippen LogP contribution is -2.32. The molecule has 1 aromatic rings. The van der Waals surface area contributed by atoms with E-state index in [4.69, 9.17) is 9.88 Å². The van der Waals surface area contributed by atoms with Crippen molar-refractivity contribution in [3.8, 4) is 0 Å². The zero-order chi connectivity index (χ0) is 15.3. The summed E-state index contributed by atoms with van der Waals surface area (Å²) in [4.78, 5) is 11.7. The SMILES string of the molecule is COC(=O)C(CC(C)C)Nc1ccc(S(N)(=O)=O)cc1. The largest absolute Gasteiger partial charge is 0.467 e. The standard InChI is InChI=1S/C13H20N2O4S/c1-9(2)8-12(13(16)19-3)15-10-4-6-11(7-5-10)20(14,17)18/h4-7,9,12,15H,8H2,1-3H3,(H2,14,17,18). The van der Waals surface area contributed by atoms with Gasteiger partial charge in [-0.3, -0.25) is 0 Å². The van der Waals surface area contributed by atoms with Gasteiger partial charge >= 0.3 is 5.97 Å². The Bertz CT molecular complexity index is 552. The van der Waals surface area contributed by atoms with Crippen molar-refractivity contribution in [3.63, 3.8) is 0 Å². The van der Waals surface area contributed by atoms with Gasteiger partial charge in [0.25, 0.3) is 0 Å². The van der Waals surface area contributed by atoms with Gasteiger partial charge in [-0.2, -0.15) is 0 Å². The summed E-state index contributed by atoms with van der Waals surface area (Å²) in [5.41, 5.74) is 0.633. The minimum absolute atomic E-state index is 0.0292. The summed E-state index contributed by atoms with van der Waals surface area (Å²) in [5, 5.41) is 8.05. The minimum atomic E-state index is -3.71. The molecular formula is C13H20N2O4S. The van der Waals surface area contributed by atoms with Crippen LogP contribution in [0, 0.1) is 5.92 Å². The number of esters is 1. The first kappa shape index (κ1) is 16.5. The molecule has 0 spiro atoms. The van der Waals surface area contributed by atoms with Gasteiger partial charge in [-0.1, -0.05) is 13.8 Å². The fraction of sp³-hybridized carbons (Fsp3) is 0.462. The van der Waals surface area contributed by atoms with Crippen LogP contribution in [0.4, 0.5) is 5.69 Å². The van der Waals surface area contributed by atoms with Gasteiger partial charge in [-0.15, -0.1) is 0 Å². The molecule has 0 aliphatic heterocycles. The average Bonchev–Trinajstić information content (AvgIpc) is 2.36. The van der Waals surface area contributed by atoms with E-state index in [1.807, 2.05) is 13.8 Å². The molecule has 0 radical (unpaired) electrons. The van der Waals surface area contributed by atoms with Gasteiger partial charge in [-0.05, 0) is 36.6 Å². The minimum Gasteiger partial charge on any atom is -0.467 e. The van der Waals surface area contributed by atoms with Gasteiger partial charge in [0.2, 0.25) is 10.0 Å². The second kappa shape index (κ2) is 6.71. The molecule has 1 aromatic carbocycles. The van der Waals surface area contributed by atoms with Crippen LogP contribution in [-0.2, 0) is 19.6 Å².